The van der Waals surface area contributed by atoms with Crippen LogP contribution < -0.4 is 5.32 Å². The molecule has 4 aromatic rings. The summed E-state index contributed by atoms with van der Waals surface area (Å²) in [6, 6.07) is 27.3. The van der Waals surface area contributed by atoms with Crippen LogP contribution in [-0.4, -0.2) is 4.98 Å². The number of benzene rings is 3. The summed E-state index contributed by atoms with van der Waals surface area (Å²) >= 11 is 1.75. The summed E-state index contributed by atoms with van der Waals surface area (Å²) < 4.78 is 1.21. The van der Waals surface area contributed by atoms with Crippen molar-refractivity contribution in [2.75, 3.05) is 5.32 Å². The Morgan fingerprint density at radius 1 is 0.800 bits per heavy atom. The highest BCUT2D eigenvalue weighted by Crippen LogP contribution is 2.42. The first-order valence-electron chi connectivity index (χ1n) is 8.33. The molecule has 3 aromatic carbocycles. The van der Waals surface area contributed by atoms with Crippen LogP contribution in [0.25, 0.3) is 16.3 Å². The fourth-order valence-corrected chi connectivity index (χ4v) is 4.50. The predicted octanol–water partition coefficient (Wildman–Crippen LogP) is 5.68. The second kappa shape index (κ2) is 5.57. The van der Waals surface area contributed by atoms with Crippen molar-refractivity contribution in [1.29, 1.82) is 0 Å². The number of para-hydroxylation sites is 2. The van der Waals surface area contributed by atoms with Crippen molar-refractivity contribution in [3.05, 3.63) is 101 Å². The summed E-state index contributed by atoms with van der Waals surface area (Å²) in [5, 5.41) is 4.83. The first kappa shape index (κ1) is 14.4. The zero-order valence-corrected chi connectivity index (χ0v) is 14.3. The molecule has 2 nitrogen and oxygen atoms in total. The summed E-state index contributed by atoms with van der Waals surface area (Å²) in [5.74, 6) is 0. The smallest absolute Gasteiger partial charge is 0.134 e. The van der Waals surface area contributed by atoms with Gasteiger partial charge in [0.25, 0.3) is 0 Å². The van der Waals surface area contributed by atoms with E-state index in [9.17, 15) is 0 Å². The van der Waals surface area contributed by atoms with E-state index in [0.717, 1.165) is 16.2 Å². The van der Waals surface area contributed by atoms with Crippen LogP contribution in [0.1, 0.15) is 16.1 Å². The molecular formula is C22H16N2S. The molecule has 0 saturated carbocycles. The van der Waals surface area contributed by atoms with Gasteiger partial charge >= 0.3 is 0 Å². The zero-order chi connectivity index (χ0) is 16.7. The van der Waals surface area contributed by atoms with Gasteiger partial charge in [0.15, 0.2) is 0 Å². The van der Waals surface area contributed by atoms with Crippen molar-refractivity contribution >= 4 is 33.3 Å². The Morgan fingerprint density at radius 3 is 2.44 bits per heavy atom. The number of rotatable bonds is 2. The van der Waals surface area contributed by atoms with E-state index in [-0.39, 0.29) is 0 Å². The Balaban J connectivity index is 1.76. The lowest BCUT2D eigenvalue weighted by Gasteiger charge is -2.35. The maximum atomic E-state index is 4.96. The molecule has 1 unspecified atom stereocenters. The minimum Gasteiger partial charge on any atom is -0.366 e. The van der Waals surface area contributed by atoms with E-state index in [2.05, 4.69) is 90.3 Å². The van der Waals surface area contributed by atoms with Crippen molar-refractivity contribution in [2.24, 2.45) is 0 Å². The fourth-order valence-electron chi connectivity index (χ4n) is 3.38. The number of fused-ring (bicyclic) bond motifs is 2. The lowest BCUT2D eigenvalue weighted by atomic mass is 9.86. The molecule has 1 atom stereocenters. The lowest BCUT2D eigenvalue weighted by molar-refractivity contribution is 0.735. The number of hydrogen-bond donors (Lipinski definition) is 1. The van der Waals surface area contributed by atoms with Gasteiger partial charge in [-0.25, -0.2) is 4.98 Å². The van der Waals surface area contributed by atoms with Gasteiger partial charge in [-0.1, -0.05) is 66.7 Å². The van der Waals surface area contributed by atoms with Crippen LogP contribution in [0, 0.1) is 0 Å². The molecule has 0 bridgehead atoms. The van der Waals surface area contributed by atoms with Gasteiger partial charge in [0, 0.05) is 5.69 Å². The molecule has 2 heterocycles. The Bertz CT molecular complexity index is 1050. The van der Waals surface area contributed by atoms with Crippen molar-refractivity contribution in [3.63, 3.8) is 0 Å². The van der Waals surface area contributed by atoms with Crippen LogP contribution >= 0.6 is 11.3 Å². The highest BCUT2D eigenvalue weighted by Gasteiger charge is 2.37. The van der Waals surface area contributed by atoms with E-state index in [1.165, 1.54) is 15.8 Å². The monoisotopic (exact) mass is 340 g/mol. The molecule has 0 fully saturated rings. The van der Waals surface area contributed by atoms with Gasteiger partial charge in [0.1, 0.15) is 10.5 Å². The average Bonchev–Trinajstić information content (AvgIpc) is 3.13. The number of hydrogen-bond acceptors (Lipinski definition) is 3. The topological polar surface area (TPSA) is 24.9 Å². The molecule has 1 N–H and O–H groups in total. The zero-order valence-electron chi connectivity index (χ0n) is 13.5. The van der Waals surface area contributed by atoms with Crippen molar-refractivity contribution < 1.29 is 0 Å². The maximum Gasteiger partial charge on any atom is 0.134 e. The van der Waals surface area contributed by atoms with Crippen LogP contribution in [0.4, 0.5) is 5.69 Å². The van der Waals surface area contributed by atoms with E-state index in [4.69, 9.17) is 4.98 Å². The molecule has 0 amide bonds. The van der Waals surface area contributed by atoms with Gasteiger partial charge < -0.3 is 5.32 Å². The summed E-state index contributed by atoms with van der Waals surface area (Å²) in [6.07, 6.45) is 4.44. The quantitative estimate of drug-likeness (QED) is 0.508. The second-order valence-electron chi connectivity index (χ2n) is 6.21. The number of anilines is 1. The predicted molar refractivity (Wildman–Crippen MR) is 106 cm³/mol. The van der Waals surface area contributed by atoms with Gasteiger partial charge in [-0.05, 0) is 35.4 Å². The van der Waals surface area contributed by atoms with Crippen LogP contribution in [0.5, 0.6) is 0 Å². The minimum absolute atomic E-state index is 0.445. The molecule has 1 aliphatic heterocycles. The molecule has 3 heteroatoms. The van der Waals surface area contributed by atoms with E-state index >= 15 is 0 Å². The fraction of sp³-hybridized carbons (Fsp3) is 0.0455. The Kier molecular flexibility index (Phi) is 3.22. The summed E-state index contributed by atoms with van der Waals surface area (Å²) in [4.78, 5) is 4.96. The normalized spacial score (nSPS) is 18.7. The highest BCUT2D eigenvalue weighted by molar-refractivity contribution is 7.18. The van der Waals surface area contributed by atoms with Crippen molar-refractivity contribution in [2.45, 2.75) is 5.54 Å². The molecule has 0 spiro atoms. The molecule has 0 aliphatic carbocycles. The second-order valence-corrected chi connectivity index (χ2v) is 7.24. The van der Waals surface area contributed by atoms with Gasteiger partial charge in [0.05, 0.1) is 10.2 Å². The Hall–Kier alpha value is -2.91. The standard InChI is InChI=1S/C22H16N2S/c1-2-9-17(10-3-1)22(15-14-16-8-4-5-11-18(16)24-22)21-23-19-12-6-7-13-20(19)25-21/h1-15,24H. The largest absolute Gasteiger partial charge is 0.366 e. The van der Waals surface area contributed by atoms with Crippen molar-refractivity contribution in [3.8, 4) is 0 Å². The number of nitrogens with zero attached hydrogens (tertiary/aromatic N) is 1. The van der Waals surface area contributed by atoms with Gasteiger partial charge in [-0.15, -0.1) is 11.3 Å². The molecule has 120 valence electrons. The first-order chi connectivity index (χ1) is 12.4. The number of aromatic nitrogens is 1. The number of nitrogens with one attached hydrogen (secondary N) is 1. The molecular weight excluding hydrogens is 324 g/mol. The van der Waals surface area contributed by atoms with Gasteiger partial charge in [-0.2, -0.15) is 0 Å². The lowest BCUT2D eigenvalue weighted by Crippen LogP contribution is -2.36. The van der Waals surface area contributed by atoms with E-state index < -0.39 is 5.54 Å². The molecule has 1 aromatic heterocycles. The molecule has 0 saturated heterocycles. The summed E-state index contributed by atoms with van der Waals surface area (Å²) in [5.41, 5.74) is 4.13. The van der Waals surface area contributed by atoms with E-state index in [1.807, 2.05) is 6.07 Å². The van der Waals surface area contributed by atoms with Crippen LogP contribution in [0.15, 0.2) is 84.9 Å². The Morgan fingerprint density at radius 2 is 1.56 bits per heavy atom. The maximum absolute atomic E-state index is 4.96. The Labute approximate surface area is 150 Å². The van der Waals surface area contributed by atoms with Gasteiger partial charge in [0.2, 0.25) is 0 Å². The highest BCUT2D eigenvalue weighted by atomic mass is 32.1. The third kappa shape index (κ3) is 2.28. The SMILES string of the molecule is C1=CC(c2ccccc2)(c2nc3ccccc3s2)Nc2ccccc21. The average molecular weight is 340 g/mol. The van der Waals surface area contributed by atoms with Crippen molar-refractivity contribution in [1.82, 2.24) is 4.98 Å². The molecule has 25 heavy (non-hydrogen) atoms. The number of thiazole rings is 1. The molecule has 1 aliphatic rings. The molecule has 5 rings (SSSR count). The summed E-state index contributed by atoms with van der Waals surface area (Å²) in [7, 11) is 0. The van der Waals surface area contributed by atoms with E-state index in [1.54, 1.807) is 11.3 Å². The van der Waals surface area contributed by atoms with Gasteiger partial charge in [-0.3, -0.25) is 0 Å². The van der Waals surface area contributed by atoms with E-state index in [0.29, 0.717) is 0 Å². The summed E-state index contributed by atoms with van der Waals surface area (Å²) in [6.45, 7) is 0. The first-order valence-corrected chi connectivity index (χ1v) is 9.15. The third-order valence-corrected chi connectivity index (χ3v) is 5.84. The van der Waals surface area contributed by atoms with Crippen LogP contribution in [0.2, 0.25) is 0 Å². The molecule has 0 radical (unpaired) electrons. The minimum atomic E-state index is -0.445. The third-order valence-electron chi connectivity index (χ3n) is 4.67. The van der Waals surface area contributed by atoms with Crippen LogP contribution in [-0.2, 0) is 5.54 Å². The van der Waals surface area contributed by atoms with Crippen LogP contribution in [0.3, 0.4) is 0 Å².